The van der Waals surface area contributed by atoms with Gasteiger partial charge in [-0.15, -0.1) is 11.8 Å². The number of thioether (sulfide) groups is 1. The number of benzene rings is 2. The van der Waals surface area contributed by atoms with Crippen LogP contribution < -0.4 is 14.8 Å². The Bertz CT molecular complexity index is 798. The predicted octanol–water partition coefficient (Wildman–Crippen LogP) is 5.16. The monoisotopic (exact) mass is 485 g/mol. The molecule has 4 nitrogen and oxygen atoms in total. The van der Waals surface area contributed by atoms with Gasteiger partial charge in [-0.05, 0) is 58.2 Å². The van der Waals surface area contributed by atoms with Gasteiger partial charge in [0, 0.05) is 14.7 Å². The normalized spacial score (nSPS) is 12.8. The van der Waals surface area contributed by atoms with Crippen molar-refractivity contribution >= 4 is 55.2 Å². The van der Waals surface area contributed by atoms with E-state index in [4.69, 9.17) is 9.47 Å². The number of anilines is 1. The second-order valence-corrected chi connectivity index (χ2v) is 8.31. The van der Waals surface area contributed by atoms with Crippen LogP contribution >= 0.6 is 43.6 Å². The van der Waals surface area contributed by atoms with Crippen molar-refractivity contribution in [3.05, 3.63) is 50.4 Å². The third-order valence-electron chi connectivity index (χ3n) is 3.60. The molecule has 132 valence electrons. The molecule has 1 aliphatic heterocycles. The van der Waals surface area contributed by atoms with Crippen LogP contribution in [-0.2, 0) is 10.5 Å². The summed E-state index contributed by atoms with van der Waals surface area (Å²) in [4.78, 5) is 12.1. The lowest BCUT2D eigenvalue weighted by Crippen LogP contribution is -2.16. The number of rotatable bonds is 5. The summed E-state index contributed by atoms with van der Waals surface area (Å²) in [6.07, 6.45) is 0. The Kier molecular flexibility index (Phi) is 6.30. The number of hydrogen-bond acceptors (Lipinski definition) is 4. The topological polar surface area (TPSA) is 47.6 Å². The Morgan fingerprint density at radius 2 is 1.84 bits per heavy atom. The van der Waals surface area contributed by atoms with Crippen molar-refractivity contribution in [1.82, 2.24) is 0 Å². The Morgan fingerprint density at radius 3 is 2.56 bits per heavy atom. The number of amides is 1. The molecule has 0 aromatic heterocycles. The van der Waals surface area contributed by atoms with Crippen molar-refractivity contribution in [1.29, 1.82) is 0 Å². The zero-order valence-corrected chi connectivity index (χ0v) is 17.6. The van der Waals surface area contributed by atoms with Crippen molar-refractivity contribution < 1.29 is 14.3 Å². The summed E-state index contributed by atoms with van der Waals surface area (Å²) in [7, 11) is 0. The van der Waals surface area contributed by atoms with Crippen molar-refractivity contribution in [2.75, 3.05) is 24.3 Å². The molecule has 1 amide bonds. The van der Waals surface area contributed by atoms with Gasteiger partial charge in [0.05, 0.1) is 11.4 Å². The van der Waals surface area contributed by atoms with E-state index in [1.165, 1.54) is 0 Å². The summed E-state index contributed by atoms with van der Waals surface area (Å²) < 4.78 is 13.0. The molecular weight excluding hydrogens is 470 g/mol. The van der Waals surface area contributed by atoms with Crippen LogP contribution in [0.5, 0.6) is 11.5 Å². The van der Waals surface area contributed by atoms with Crippen LogP contribution in [0.4, 0.5) is 5.69 Å². The highest BCUT2D eigenvalue weighted by Gasteiger charge is 2.15. The van der Waals surface area contributed by atoms with Gasteiger partial charge in [-0.1, -0.05) is 22.0 Å². The van der Waals surface area contributed by atoms with Crippen LogP contribution in [0.1, 0.15) is 11.1 Å². The van der Waals surface area contributed by atoms with Gasteiger partial charge in [0.25, 0.3) is 0 Å². The molecule has 7 heteroatoms. The Hall–Kier alpha value is -1.18. The second kappa shape index (κ2) is 8.47. The van der Waals surface area contributed by atoms with E-state index in [-0.39, 0.29) is 5.91 Å². The number of aryl methyl sites for hydroxylation is 1. The molecule has 0 radical (unpaired) electrons. The SMILES string of the molecule is Cc1ccc(NC(=O)CSCc2cc3c(cc2Br)OCCO3)c(Br)c1. The minimum absolute atomic E-state index is 0.0248. The molecule has 0 bridgehead atoms. The van der Waals surface area contributed by atoms with Gasteiger partial charge < -0.3 is 14.8 Å². The summed E-state index contributed by atoms with van der Waals surface area (Å²) in [5, 5.41) is 2.93. The van der Waals surface area contributed by atoms with Crippen molar-refractivity contribution in [3.63, 3.8) is 0 Å². The van der Waals surface area contributed by atoms with E-state index in [1.54, 1.807) is 11.8 Å². The molecule has 0 saturated heterocycles. The molecule has 2 aromatic carbocycles. The van der Waals surface area contributed by atoms with Gasteiger partial charge in [0.1, 0.15) is 13.2 Å². The lowest BCUT2D eigenvalue weighted by molar-refractivity contribution is -0.113. The molecular formula is C18H17Br2NO3S. The summed E-state index contributed by atoms with van der Waals surface area (Å²) in [6, 6.07) is 9.75. The van der Waals surface area contributed by atoms with Gasteiger partial charge in [-0.3, -0.25) is 4.79 Å². The first kappa shape index (κ1) is 18.6. The molecule has 0 unspecified atom stereocenters. The largest absolute Gasteiger partial charge is 0.486 e. The number of carbonyl (C=O) groups is 1. The average molecular weight is 487 g/mol. The maximum absolute atomic E-state index is 12.1. The van der Waals surface area contributed by atoms with Crippen LogP contribution in [-0.4, -0.2) is 24.9 Å². The van der Waals surface area contributed by atoms with E-state index in [2.05, 4.69) is 37.2 Å². The van der Waals surface area contributed by atoms with Crippen molar-refractivity contribution in [2.45, 2.75) is 12.7 Å². The number of ether oxygens (including phenoxy) is 2. The maximum Gasteiger partial charge on any atom is 0.234 e. The Balaban J connectivity index is 1.55. The Labute approximate surface area is 167 Å². The molecule has 1 N–H and O–H groups in total. The van der Waals surface area contributed by atoms with Crippen LogP contribution in [0.25, 0.3) is 0 Å². The van der Waals surface area contributed by atoms with Gasteiger partial charge in [-0.25, -0.2) is 0 Å². The molecule has 1 aliphatic rings. The molecule has 0 fully saturated rings. The van der Waals surface area contributed by atoms with Crippen molar-refractivity contribution in [2.24, 2.45) is 0 Å². The molecule has 2 aromatic rings. The average Bonchev–Trinajstić information content (AvgIpc) is 2.58. The quantitative estimate of drug-likeness (QED) is 0.633. The predicted molar refractivity (Wildman–Crippen MR) is 109 cm³/mol. The summed E-state index contributed by atoms with van der Waals surface area (Å²) in [5.74, 6) is 2.58. The fraction of sp³-hybridized carbons (Fsp3) is 0.278. The molecule has 0 atom stereocenters. The highest BCUT2D eigenvalue weighted by atomic mass is 79.9. The zero-order chi connectivity index (χ0) is 17.8. The third-order valence-corrected chi connectivity index (χ3v) is 5.98. The molecule has 25 heavy (non-hydrogen) atoms. The Morgan fingerprint density at radius 1 is 1.12 bits per heavy atom. The van der Waals surface area contributed by atoms with E-state index in [0.717, 1.165) is 37.3 Å². The fourth-order valence-electron chi connectivity index (χ4n) is 2.38. The fourth-order valence-corrected chi connectivity index (χ4v) is 4.44. The van der Waals surface area contributed by atoms with Crippen molar-refractivity contribution in [3.8, 4) is 11.5 Å². The highest BCUT2D eigenvalue weighted by molar-refractivity contribution is 9.11. The minimum Gasteiger partial charge on any atom is -0.486 e. The minimum atomic E-state index is -0.0248. The molecule has 3 rings (SSSR count). The van der Waals surface area contributed by atoms with Crippen LogP contribution in [0, 0.1) is 6.92 Å². The number of halogens is 2. The smallest absolute Gasteiger partial charge is 0.234 e. The van der Waals surface area contributed by atoms with E-state index in [9.17, 15) is 4.79 Å². The lowest BCUT2D eigenvalue weighted by Gasteiger charge is -2.19. The lowest BCUT2D eigenvalue weighted by atomic mass is 10.2. The van der Waals surface area contributed by atoms with Gasteiger partial charge >= 0.3 is 0 Å². The van der Waals surface area contributed by atoms with Gasteiger partial charge in [0.2, 0.25) is 5.91 Å². The summed E-state index contributed by atoms with van der Waals surface area (Å²) >= 11 is 8.58. The number of hydrogen-bond donors (Lipinski definition) is 1. The highest BCUT2D eigenvalue weighted by Crippen LogP contribution is 2.36. The number of nitrogens with one attached hydrogen (secondary N) is 1. The number of fused-ring (bicyclic) bond motifs is 1. The second-order valence-electron chi connectivity index (χ2n) is 5.61. The van der Waals surface area contributed by atoms with Crippen LogP contribution in [0.3, 0.4) is 0 Å². The zero-order valence-electron chi connectivity index (χ0n) is 13.6. The van der Waals surface area contributed by atoms with E-state index >= 15 is 0 Å². The van der Waals surface area contributed by atoms with E-state index < -0.39 is 0 Å². The van der Waals surface area contributed by atoms with Crippen LogP contribution in [0.15, 0.2) is 39.3 Å². The molecule has 0 aliphatic carbocycles. The van der Waals surface area contributed by atoms with E-state index in [1.807, 2.05) is 37.3 Å². The number of carbonyl (C=O) groups excluding carboxylic acids is 1. The third kappa shape index (κ3) is 4.92. The summed E-state index contributed by atoms with van der Waals surface area (Å²) in [5.41, 5.74) is 3.01. The maximum atomic E-state index is 12.1. The first-order valence-corrected chi connectivity index (χ1v) is 10.5. The summed E-state index contributed by atoms with van der Waals surface area (Å²) in [6.45, 7) is 3.15. The molecule has 1 heterocycles. The first-order chi connectivity index (χ1) is 12.0. The van der Waals surface area contributed by atoms with Crippen LogP contribution in [0.2, 0.25) is 0 Å². The molecule has 0 spiro atoms. The van der Waals surface area contributed by atoms with E-state index in [0.29, 0.717) is 24.7 Å². The molecule has 0 saturated carbocycles. The van der Waals surface area contributed by atoms with Gasteiger partial charge in [0.15, 0.2) is 11.5 Å². The van der Waals surface area contributed by atoms with Gasteiger partial charge in [-0.2, -0.15) is 0 Å². The standard InChI is InChI=1S/C18H17Br2NO3S/c1-11-2-3-15(14(20)6-11)21-18(22)10-25-9-12-7-16-17(8-13(12)19)24-5-4-23-16/h2-3,6-8H,4-5,9-10H2,1H3,(H,21,22). The first-order valence-electron chi connectivity index (χ1n) is 7.74.